The van der Waals surface area contributed by atoms with Crippen molar-refractivity contribution in [3.8, 4) is 0 Å². The van der Waals surface area contributed by atoms with E-state index < -0.39 is 29.3 Å². The van der Waals surface area contributed by atoms with Crippen molar-refractivity contribution in [2.75, 3.05) is 11.5 Å². The van der Waals surface area contributed by atoms with Crippen molar-refractivity contribution in [1.29, 1.82) is 0 Å². The predicted octanol–water partition coefficient (Wildman–Crippen LogP) is -1.26. The zero-order chi connectivity index (χ0) is 21.8. The molecule has 14 heteroatoms. The lowest BCUT2D eigenvalue weighted by molar-refractivity contribution is -0.150. The van der Waals surface area contributed by atoms with Crippen LogP contribution in [-0.2, 0) is 26.2 Å². The van der Waals surface area contributed by atoms with Crippen LogP contribution in [0.15, 0.2) is 16.4 Å². The minimum Gasteiger partial charge on any atom is -0.477 e. The number of β-lactam (4-membered cyclic amide) rings is 1. The number of thioether (sulfide) groups is 2. The van der Waals surface area contributed by atoms with Gasteiger partial charge in [-0.1, -0.05) is 11.8 Å². The van der Waals surface area contributed by atoms with E-state index in [-0.39, 0.29) is 18.0 Å². The topological polar surface area (TPSA) is 173 Å². The first-order valence-electron chi connectivity index (χ1n) is 9.08. The van der Waals surface area contributed by atoms with Crippen LogP contribution in [0.4, 0.5) is 0 Å². The molecule has 4 N–H and O–H groups in total. The lowest BCUT2D eigenvalue weighted by Crippen LogP contribution is -2.70. The number of carbonyl (C=O) groups excluding carboxylic acids is 3. The highest BCUT2D eigenvalue weighted by Crippen LogP contribution is 2.41. The average molecular weight is 456 g/mol. The van der Waals surface area contributed by atoms with Crippen LogP contribution in [0.5, 0.6) is 0 Å². The van der Waals surface area contributed by atoms with Crippen molar-refractivity contribution in [2.24, 2.45) is 12.8 Å². The molecule has 0 aliphatic carbocycles. The molecule has 162 valence electrons. The van der Waals surface area contributed by atoms with Gasteiger partial charge in [-0.3, -0.25) is 14.5 Å². The first kappa shape index (κ1) is 22.2. The Hall–Kier alpha value is -2.45. The maximum absolute atomic E-state index is 12.6. The summed E-state index contributed by atoms with van der Waals surface area (Å²) in [5.74, 6) is -1.23. The zero-order valence-corrected chi connectivity index (χ0v) is 17.7. The number of hydrogen-bond acceptors (Lipinski definition) is 10. The van der Waals surface area contributed by atoms with Gasteiger partial charge in [0.2, 0.25) is 11.1 Å². The standard InChI is InChI=1S/C16H21N7O5S2/c1-22-16(19-20-21-22)30-7-8-6-29-14-11(13(26)23(14)12(8)15(27)28)18-10(25)4-2-3-9(17)5-24/h5,9,11,14H,2-4,6-7,17H2,1H3,(H,18,25)(H,27,28)/t9?,11?,14-/m0/s1. The first-order chi connectivity index (χ1) is 14.3. The van der Waals surface area contributed by atoms with Crippen LogP contribution in [0.3, 0.4) is 0 Å². The lowest BCUT2D eigenvalue weighted by Gasteiger charge is -2.49. The van der Waals surface area contributed by atoms with Gasteiger partial charge in [-0.05, 0) is 28.8 Å². The zero-order valence-electron chi connectivity index (χ0n) is 16.1. The van der Waals surface area contributed by atoms with E-state index in [4.69, 9.17) is 5.73 Å². The third-order valence-electron chi connectivity index (χ3n) is 4.64. The number of carboxylic acid groups (broad SMARTS) is 1. The van der Waals surface area contributed by atoms with Crippen LogP contribution in [0.1, 0.15) is 19.3 Å². The Morgan fingerprint density at radius 2 is 2.27 bits per heavy atom. The molecule has 2 aliphatic heterocycles. The van der Waals surface area contributed by atoms with Gasteiger partial charge in [0.15, 0.2) is 0 Å². The van der Waals surface area contributed by atoms with Gasteiger partial charge in [-0.15, -0.1) is 16.9 Å². The van der Waals surface area contributed by atoms with Crippen molar-refractivity contribution < 1.29 is 24.3 Å². The van der Waals surface area contributed by atoms with E-state index in [1.807, 2.05) is 0 Å². The largest absolute Gasteiger partial charge is 0.477 e. The number of carbonyl (C=O) groups is 4. The van der Waals surface area contributed by atoms with Crippen LogP contribution in [0.2, 0.25) is 0 Å². The van der Waals surface area contributed by atoms with Gasteiger partial charge in [0.1, 0.15) is 23.4 Å². The maximum Gasteiger partial charge on any atom is 0.352 e. The molecule has 0 radical (unpaired) electrons. The summed E-state index contributed by atoms with van der Waals surface area (Å²) in [4.78, 5) is 48.3. The summed E-state index contributed by atoms with van der Waals surface area (Å²) in [6.07, 6.45) is 1.57. The Labute approximate surface area is 180 Å². The number of tetrazole rings is 1. The monoisotopic (exact) mass is 455 g/mol. The Bertz CT molecular complexity index is 889. The molecule has 1 aromatic rings. The number of nitrogens with two attached hydrogens (primary N) is 1. The Morgan fingerprint density at radius 1 is 1.50 bits per heavy atom. The number of nitrogens with one attached hydrogen (secondary N) is 1. The number of fused-ring (bicyclic) bond motifs is 1. The van der Waals surface area contributed by atoms with E-state index in [1.54, 1.807) is 7.05 Å². The van der Waals surface area contributed by atoms with E-state index >= 15 is 0 Å². The molecule has 2 aliphatic rings. The van der Waals surface area contributed by atoms with Gasteiger partial charge in [0.25, 0.3) is 5.91 Å². The number of nitrogens with zero attached hydrogens (tertiary/aromatic N) is 5. The highest BCUT2D eigenvalue weighted by atomic mass is 32.2. The van der Waals surface area contributed by atoms with E-state index in [0.29, 0.717) is 41.4 Å². The predicted molar refractivity (Wildman–Crippen MR) is 107 cm³/mol. The molecular formula is C16H21N7O5S2. The fraction of sp³-hybridized carbons (Fsp3) is 0.562. The number of aryl methyl sites for hydroxylation is 1. The van der Waals surface area contributed by atoms with E-state index in [2.05, 4.69) is 20.8 Å². The number of aldehydes is 1. The van der Waals surface area contributed by atoms with Gasteiger partial charge in [0, 0.05) is 25.0 Å². The highest BCUT2D eigenvalue weighted by molar-refractivity contribution is 8.01. The van der Waals surface area contributed by atoms with E-state index in [0.717, 1.165) is 0 Å². The van der Waals surface area contributed by atoms with E-state index in [9.17, 15) is 24.3 Å². The number of hydrogen-bond donors (Lipinski definition) is 3. The summed E-state index contributed by atoms with van der Waals surface area (Å²) in [7, 11) is 1.68. The van der Waals surface area contributed by atoms with Crippen molar-refractivity contribution in [1.82, 2.24) is 30.4 Å². The molecule has 3 rings (SSSR count). The quantitative estimate of drug-likeness (QED) is 0.218. The second kappa shape index (κ2) is 9.57. The van der Waals surface area contributed by atoms with Crippen LogP contribution >= 0.6 is 23.5 Å². The third kappa shape index (κ3) is 4.65. The minimum atomic E-state index is -1.19. The van der Waals surface area contributed by atoms with Gasteiger partial charge < -0.3 is 21.0 Å². The highest BCUT2D eigenvalue weighted by Gasteiger charge is 2.54. The molecule has 2 amide bonds. The van der Waals surface area contributed by atoms with Gasteiger partial charge in [-0.2, -0.15) is 0 Å². The molecule has 12 nitrogen and oxygen atoms in total. The second-order valence-corrected chi connectivity index (χ2v) is 8.83. The van der Waals surface area contributed by atoms with Gasteiger partial charge in [-0.25, -0.2) is 9.48 Å². The minimum absolute atomic E-state index is 0.0474. The molecule has 1 fully saturated rings. The van der Waals surface area contributed by atoms with Crippen LogP contribution in [0.25, 0.3) is 0 Å². The number of aliphatic carboxylic acids is 1. The number of aromatic nitrogens is 4. The lowest BCUT2D eigenvalue weighted by atomic mass is 10.0. The third-order valence-corrected chi connectivity index (χ3v) is 7.08. The van der Waals surface area contributed by atoms with Crippen molar-refractivity contribution in [3.05, 3.63) is 11.3 Å². The molecule has 2 unspecified atom stereocenters. The molecule has 0 bridgehead atoms. The molecule has 1 saturated heterocycles. The molecule has 0 spiro atoms. The summed E-state index contributed by atoms with van der Waals surface area (Å²) in [5.41, 5.74) is 6.04. The number of rotatable bonds is 10. The SMILES string of the molecule is Cn1nnnc1SCC1=C(C(=O)O)N2C(=O)C(NC(=O)CCCC(N)C=O)[C@@H]2SC1. The fourth-order valence-corrected chi connectivity index (χ4v) is 5.44. The summed E-state index contributed by atoms with van der Waals surface area (Å²) in [6.45, 7) is 0. The second-order valence-electron chi connectivity index (χ2n) is 6.78. The summed E-state index contributed by atoms with van der Waals surface area (Å²) in [5, 5.41) is 23.5. The molecule has 1 aromatic heterocycles. The molecular weight excluding hydrogens is 434 g/mol. The van der Waals surface area contributed by atoms with Crippen LogP contribution in [0, 0.1) is 0 Å². The molecule has 0 saturated carbocycles. The summed E-state index contributed by atoms with van der Waals surface area (Å²) < 4.78 is 1.48. The smallest absolute Gasteiger partial charge is 0.352 e. The summed E-state index contributed by atoms with van der Waals surface area (Å²) in [6, 6.07) is -1.38. The molecule has 3 heterocycles. The fourth-order valence-electron chi connectivity index (χ4n) is 3.10. The molecule has 0 aromatic carbocycles. The normalized spacial score (nSPS) is 21.7. The van der Waals surface area contributed by atoms with Crippen molar-refractivity contribution >= 4 is 47.6 Å². The molecule has 3 atom stereocenters. The Morgan fingerprint density at radius 3 is 2.90 bits per heavy atom. The van der Waals surface area contributed by atoms with Gasteiger partial charge >= 0.3 is 5.97 Å². The van der Waals surface area contributed by atoms with E-state index in [1.165, 1.54) is 33.1 Å². The van der Waals surface area contributed by atoms with Crippen molar-refractivity contribution in [2.45, 2.75) is 41.9 Å². The summed E-state index contributed by atoms with van der Waals surface area (Å²) >= 11 is 2.69. The Kier molecular flexibility index (Phi) is 7.10. The number of carboxylic acids is 1. The maximum atomic E-state index is 12.6. The van der Waals surface area contributed by atoms with Gasteiger partial charge in [0.05, 0.1) is 6.04 Å². The Balaban J connectivity index is 1.61. The number of amides is 2. The van der Waals surface area contributed by atoms with Crippen LogP contribution < -0.4 is 11.1 Å². The van der Waals surface area contributed by atoms with Crippen LogP contribution in [-0.4, -0.2) is 83.2 Å². The molecule has 30 heavy (non-hydrogen) atoms. The average Bonchev–Trinajstić information content (AvgIpc) is 3.13. The first-order valence-corrected chi connectivity index (χ1v) is 11.1. The van der Waals surface area contributed by atoms with Crippen molar-refractivity contribution in [3.63, 3.8) is 0 Å².